The van der Waals surface area contributed by atoms with Crippen molar-refractivity contribution < 1.29 is 33.9 Å². The molecule has 13 heteroatoms. The summed E-state index contributed by atoms with van der Waals surface area (Å²) in [6, 6.07) is 11.4. The van der Waals surface area contributed by atoms with Gasteiger partial charge in [-0.25, -0.2) is 4.79 Å². The van der Waals surface area contributed by atoms with Crippen LogP contribution >= 0.6 is 0 Å². The van der Waals surface area contributed by atoms with Gasteiger partial charge in [-0.15, -0.1) is 0 Å². The molecule has 13 nitrogen and oxygen atoms in total. The van der Waals surface area contributed by atoms with E-state index in [4.69, 9.17) is 5.73 Å². The average molecular weight is 723 g/mol. The van der Waals surface area contributed by atoms with Gasteiger partial charge < -0.3 is 37.4 Å². The van der Waals surface area contributed by atoms with Crippen molar-refractivity contribution in [3.63, 3.8) is 0 Å². The maximum Gasteiger partial charge on any atom is 0.326 e. The van der Waals surface area contributed by atoms with Crippen LogP contribution in [0.2, 0.25) is 0 Å². The van der Waals surface area contributed by atoms with E-state index in [1.54, 1.807) is 96.1 Å². The van der Waals surface area contributed by atoms with Crippen LogP contribution in [0.15, 0.2) is 60.7 Å². The van der Waals surface area contributed by atoms with Crippen LogP contribution in [0, 0.1) is 23.7 Å². The predicted octanol–water partition coefficient (Wildman–Crippen LogP) is 2.32. The topological polar surface area (TPSA) is 209 Å². The molecular formula is C39H58N6O7. The minimum absolute atomic E-state index is 0.0347. The number of nitrogens with two attached hydrogens (primary N) is 1. The number of hydrogen-bond donors (Lipinski definition) is 7. The number of nitrogens with one attached hydrogen (secondary N) is 5. The standard InChI is InChI=1S/C39H58N6O7/c1-22(2)19-28(40)34(46)43-32(24(5)6)37(49)45-33(25(7)8)38(50)44-31(23(3)4)36(48)41-29(20-26-15-11-9-12-16-26)35(47)42-30(39(51)52)21-27-17-13-10-14-18-27/h9-18,22-25,28-33H,19-21,40H2,1-8H3,(H,41,48)(H,42,47)(H,43,46)(H,44,50)(H,45,49)(H,51,52)/t28-,29-,30+,31+,32+,33+/m0/s1. The first-order valence-corrected chi connectivity index (χ1v) is 18.0. The zero-order valence-corrected chi connectivity index (χ0v) is 31.6. The minimum atomic E-state index is -1.26. The summed E-state index contributed by atoms with van der Waals surface area (Å²) >= 11 is 0. The van der Waals surface area contributed by atoms with Gasteiger partial charge in [0.15, 0.2) is 0 Å². The highest BCUT2D eigenvalue weighted by molar-refractivity contribution is 5.96. The van der Waals surface area contributed by atoms with E-state index in [9.17, 15) is 33.9 Å². The fourth-order valence-electron chi connectivity index (χ4n) is 5.61. The molecule has 0 aliphatic rings. The number of aliphatic carboxylic acids is 1. The number of carbonyl (C=O) groups excluding carboxylic acids is 5. The Labute approximate surface area is 307 Å². The number of benzene rings is 2. The number of rotatable bonds is 20. The number of carbonyl (C=O) groups is 6. The third-order valence-electron chi connectivity index (χ3n) is 8.62. The van der Waals surface area contributed by atoms with Crippen molar-refractivity contribution in [2.24, 2.45) is 29.4 Å². The Kier molecular flexibility index (Phi) is 17.5. The summed E-state index contributed by atoms with van der Waals surface area (Å²) < 4.78 is 0. The van der Waals surface area contributed by atoms with Gasteiger partial charge in [-0.3, -0.25) is 24.0 Å². The molecule has 0 aromatic heterocycles. The number of hydrogen-bond acceptors (Lipinski definition) is 7. The monoisotopic (exact) mass is 722 g/mol. The lowest BCUT2D eigenvalue weighted by Gasteiger charge is -2.30. The quantitative estimate of drug-likeness (QED) is 0.108. The van der Waals surface area contributed by atoms with Gasteiger partial charge in [-0.05, 0) is 41.2 Å². The summed E-state index contributed by atoms with van der Waals surface area (Å²) in [7, 11) is 0. The summed E-state index contributed by atoms with van der Waals surface area (Å²) in [4.78, 5) is 79.6. The van der Waals surface area contributed by atoms with Crippen molar-refractivity contribution in [3.8, 4) is 0 Å². The lowest BCUT2D eigenvalue weighted by atomic mass is 9.97. The van der Waals surface area contributed by atoms with E-state index < -0.39 is 83.6 Å². The van der Waals surface area contributed by atoms with Crippen LogP contribution in [-0.4, -0.2) is 76.9 Å². The molecule has 286 valence electrons. The SMILES string of the molecule is CC(C)C[C@H](N)C(=O)N[C@@H](C(=O)N[C@@H](C(=O)N[C@@H](C(=O)N[C@@H](Cc1ccccc1)C(=O)N[C@H](Cc1ccccc1)C(=O)O)C(C)C)C(C)C)C(C)C. The Morgan fingerprint density at radius 3 is 1.23 bits per heavy atom. The normalized spacial score (nSPS) is 14.9. The van der Waals surface area contributed by atoms with Crippen molar-refractivity contribution in [1.82, 2.24) is 26.6 Å². The molecule has 0 heterocycles. The van der Waals surface area contributed by atoms with Crippen LogP contribution in [0.25, 0.3) is 0 Å². The molecule has 0 spiro atoms. The highest BCUT2D eigenvalue weighted by Crippen LogP contribution is 2.12. The zero-order valence-electron chi connectivity index (χ0n) is 31.6. The van der Waals surface area contributed by atoms with E-state index in [2.05, 4.69) is 26.6 Å². The molecule has 0 unspecified atom stereocenters. The summed E-state index contributed by atoms with van der Waals surface area (Å²) in [6.07, 6.45) is 0.533. The molecule has 2 aromatic rings. The molecule has 6 atom stereocenters. The summed E-state index contributed by atoms with van der Waals surface area (Å²) in [5.41, 5.74) is 7.48. The van der Waals surface area contributed by atoms with Gasteiger partial charge in [0.25, 0.3) is 0 Å². The molecule has 2 aromatic carbocycles. The van der Waals surface area contributed by atoms with Gasteiger partial charge >= 0.3 is 5.97 Å². The third kappa shape index (κ3) is 14.1. The van der Waals surface area contributed by atoms with Crippen LogP contribution in [0.1, 0.15) is 72.9 Å². The fourth-order valence-corrected chi connectivity index (χ4v) is 5.61. The van der Waals surface area contributed by atoms with E-state index in [1.807, 2.05) is 19.9 Å². The zero-order chi connectivity index (χ0) is 39.1. The van der Waals surface area contributed by atoms with Gasteiger partial charge in [0.05, 0.1) is 6.04 Å². The Hall–Kier alpha value is -4.78. The lowest BCUT2D eigenvalue weighted by Crippen LogP contribution is -2.62. The van der Waals surface area contributed by atoms with E-state index in [0.29, 0.717) is 12.0 Å². The summed E-state index contributed by atoms with van der Waals surface area (Å²) in [6.45, 7) is 14.4. The molecule has 0 saturated heterocycles. The minimum Gasteiger partial charge on any atom is -0.480 e. The average Bonchev–Trinajstić information content (AvgIpc) is 3.07. The van der Waals surface area contributed by atoms with Crippen LogP contribution in [0.5, 0.6) is 0 Å². The van der Waals surface area contributed by atoms with Gasteiger partial charge in [0.1, 0.15) is 30.2 Å². The molecular weight excluding hydrogens is 664 g/mol. The second kappa shape index (κ2) is 20.9. The first-order valence-electron chi connectivity index (χ1n) is 18.0. The van der Waals surface area contributed by atoms with Crippen molar-refractivity contribution in [2.75, 3.05) is 0 Å². The van der Waals surface area contributed by atoms with Crippen molar-refractivity contribution in [3.05, 3.63) is 71.8 Å². The molecule has 5 amide bonds. The van der Waals surface area contributed by atoms with Gasteiger partial charge in [0, 0.05) is 12.8 Å². The predicted molar refractivity (Wildman–Crippen MR) is 200 cm³/mol. The van der Waals surface area contributed by atoms with E-state index >= 15 is 0 Å². The van der Waals surface area contributed by atoms with Gasteiger partial charge in [0.2, 0.25) is 29.5 Å². The van der Waals surface area contributed by atoms with Crippen molar-refractivity contribution >= 4 is 35.5 Å². The highest BCUT2D eigenvalue weighted by atomic mass is 16.4. The smallest absolute Gasteiger partial charge is 0.326 e. The number of amides is 5. The van der Waals surface area contributed by atoms with E-state index in [-0.39, 0.29) is 24.7 Å². The highest BCUT2D eigenvalue weighted by Gasteiger charge is 2.35. The molecule has 52 heavy (non-hydrogen) atoms. The number of carboxylic acid groups (broad SMARTS) is 1. The first-order chi connectivity index (χ1) is 24.4. The maximum atomic E-state index is 13.8. The summed E-state index contributed by atoms with van der Waals surface area (Å²) in [5.74, 6) is -5.22. The van der Waals surface area contributed by atoms with Crippen molar-refractivity contribution in [1.29, 1.82) is 0 Å². The second-order valence-electron chi connectivity index (χ2n) is 14.8. The molecule has 2 rings (SSSR count). The molecule has 8 N–H and O–H groups in total. The largest absolute Gasteiger partial charge is 0.480 e. The third-order valence-corrected chi connectivity index (χ3v) is 8.62. The Morgan fingerprint density at radius 1 is 0.519 bits per heavy atom. The Morgan fingerprint density at radius 2 is 0.865 bits per heavy atom. The second-order valence-corrected chi connectivity index (χ2v) is 14.8. The number of carboxylic acids is 1. The first kappa shape index (κ1) is 43.4. The maximum absolute atomic E-state index is 13.8. The Balaban J connectivity index is 2.26. The van der Waals surface area contributed by atoms with E-state index in [0.717, 1.165) is 5.56 Å². The molecule has 0 saturated carbocycles. The van der Waals surface area contributed by atoms with Crippen LogP contribution < -0.4 is 32.3 Å². The molecule has 0 radical (unpaired) electrons. The van der Waals surface area contributed by atoms with Crippen LogP contribution in [0.3, 0.4) is 0 Å². The van der Waals surface area contributed by atoms with E-state index in [1.165, 1.54) is 0 Å². The molecule has 0 aliphatic carbocycles. The molecule has 0 fully saturated rings. The fraction of sp³-hybridized carbons (Fsp3) is 0.538. The summed E-state index contributed by atoms with van der Waals surface area (Å²) in [5, 5.41) is 23.5. The molecule has 0 bridgehead atoms. The van der Waals surface area contributed by atoms with Gasteiger partial charge in [-0.2, -0.15) is 0 Å². The molecule has 0 aliphatic heterocycles. The Bertz CT molecular complexity index is 1480. The van der Waals surface area contributed by atoms with Crippen LogP contribution in [-0.2, 0) is 41.6 Å². The lowest BCUT2D eigenvalue weighted by molar-refractivity contribution is -0.142. The van der Waals surface area contributed by atoms with Crippen LogP contribution in [0.4, 0.5) is 0 Å². The van der Waals surface area contributed by atoms with Gasteiger partial charge in [-0.1, -0.05) is 116 Å². The van der Waals surface area contributed by atoms with Crippen molar-refractivity contribution in [2.45, 2.75) is 111 Å².